The van der Waals surface area contributed by atoms with E-state index in [0.717, 1.165) is 13.1 Å². The third-order valence-electron chi connectivity index (χ3n) is 3.60. The number of benzene rings is 2. The molecule has 0 radical (unpaired) electrons. The van der Waals surface area contributed by atoms with E-state index in [2.05, 4.69) is 92.4 Å². The first-order valence-electron chi connectivity index (χ1n) is 7.63. The monoisotopic (exact) mass is 297 g/mol. The van der Waals surface area contributed by atoms with Crippen LogP contribution in [0.3, 0.4) is 0 Å². The molecule has 0 aliphatic heterocycles. The zero-order valence-corrected chi connectivity index (χ0v) is 14.1. The van der Waals surface area contributed by atoms with Crippen LogP contribution in [0.25, 0.3) is 0 Å². The summed E-state index contributed by atoms with van der Waals surface area (Å²) in [5.74, 6) is 0. The molecule has 0 aromatic heterocycles. The van der Waals surface area contributed by atoms with Crippen molar-refractivity contribution in [2.45, 2.75) is 20.8 Å². The van der Waals surface area contributed by atoms with Crippen molar-refractivity contribution in [1.29, 1.82) is 0 Å². The molecular weight excluding hydrogens is 273 g/mol. The number of nitrogens with zero attached hydrogens (tertiary/aromatic N) is 1. The van der Waals surface area contributed by atoms with Crippen LogP contribution in [0.2, 0.25) is 0 Å². The van der Waals surface area contributed by atoms with E-state index in [1.54, 1.807) is 0 Å². The molecule has 0 N–H and O–H groups in total. The Bertz CT molecular complexity index is 519. The van der Waals surface area contributed by atoms with Crippen LogP contribution in [0.15, 0.2) is 72.2 Å². The van der Waals surface area contributed by atoms with Gasteiger partial charge in [-0.15, -0.1) is 0 Å². The maximum Gasteiger partial charge on any atom is 0.0418 e. The van der Waals surface area contributed by atoms with E-state index in [0.29, 0.717) is 0 Å². The van der Waals surface area contributed by atoms with Crippen LogP contribution in [0, 0.1) is 0 Å². The second kappa shape index (κ2) is 8.00. The van der Waals surface area contributed by atoms with Crippen molar-refractivity contribution in [1.82, 2.24) is 4.90 Å². The Morgan fingerprint density at radius 1 is 0.857 bits per heavy atom. The van der Waals surface area contributed by atoms with Crippen molar-refractivity contribution in [3.8, 4) is 0 Å². The summed E-state index contributed by atoms with van der Waals surface area (Å²) < 4.78 is 0. The third kappa shape index (κ3) is 3.74. The molecule has 0 aliphatic carbocycles. The van der Waals surface area contributed by atoms with E-state index >= 15 is 0 Å². The Morgan fingerprint density at radius 3 is 1.62 bits per heavy atom. The lowest BCUT2D eigenvalue weighted by molar-refractivity contribution is 0.407. The molecule has 21 heavy (non-hydrogen) atoms. The highest BCUT2D eigenvalue weighted by molar-refractivity contribution is 7.76. The first-order chi connectivity index (χ1) is 10.3. The minimum atomic E-state index is -0.478. The van der Waals surface area contributed by atoms with Crippen molar-refractivity contribution < 1.29 is 0 Å². The molecule has 0 atom stereocenters. The largest absolute Gasteiger partial charge is 0.372 e. The van der Waals surface area contributed by atoms with E-state index < -0.39 is 7.92 Å². The van der Waals surface area contributed by atoms with Crippen molar-refractivity contribution in [3.63, 3.8) is 0 Å². The predicted molar refractivity (Wildman–Crippen MR) is 95.8 cm³/mol. The minimum absolute atomic E-state index is 0.478. The van der Waals surface area contributed by atoms with Gasteiger partial charge >= 0.3 is 0 Å². The molecule has 0 aliphatic rings. The summed E-state index contributed by atoms with van der Waals surface area (Å²) in [4.78, 5) is 2.48. The van der Waals surface area contributed by atoms with E-state index in [1.165, 1.54) is 16.0 Å². The molecule has 2 aromatic rings. The van der Waals surface area contributed by atoms with Gasteiger partial charge in [0.1, 0.15) is 0 Å². The highest BCUT2D eigenvalue weighted by Gasteiger charge is 2.21. The Labute approximate surface area is 130 Å². The standard InChI is InChI=1S/C19H24NP/c1-4-19(20(5-2)6-3)21(17-13-9-7-10-14-17)18-15-11-8-12-16-18/h4,7-16H,5-6H2,1-3H3/b19-4+. The highest BCUT2D eigenvalue weighted by atomic mass is 31.1. The van der Waals surface area contributed by atoms with E-state index in [4.69, 9.17) is 0 Å². The maximum atomic E-state index is 2.48. The second-order valence-electron chi connectivity index (χ2n) is 4.83. The molecule has 0 fully saturated rings. The molecule has 0 bridgehead atoms. The van der Waals surface area contributed by atoms with Crippen LogP contribution in [0.1, 0.15) is 20.8 Å². The lowest BCUT2D eigenvalue weighted by Gasteiger charge is -2.31. The highest BCUT2D eigenvalue weighted by Crippen LogP contribution is 2.44. The van der Waals surface area contributed by atoms with Crippen LogP contribution in [0.4, 0.5) is 0 Å². The van der Waals surface area contributed by atoms with Gasteiger partial charge in [0.15, 0.2) is 0 Å². The molecule has 0 unspecified atom stereocenters. The Kier molecular flexibility index (Phi) is 6.02. The Morgan fingerprint density at radius 2 is 1.29 bits per heavy atom. The SMILES string of the molecule is C/C=C(\N(CC)CC)P(c1ccccc1)c1ccccc1. The summed E-state index contributed by atoms with van der Waals surface area (Å²) in [5, 5.41) is 2.83. The fraction of sp³-hybridized carbons (Fsp3) is 0.263. The maximum absolute atomic E-state index is 2.48. The zero-order valence-electron chi connectivity index (χ0n) is 13.2. The molecule has 0 saturated heterocycles. The molecule has 2 heteroatoms. The summed E-state index contributed by atoms with van der Waals surface area (Å²) in [6.45, 7) is 8.73. The molecule has 110 valence electrons. The lowest BCUT2D eigenvalue weighted by Crippen LogP contribution is -2.26. The van der Waals surface area contributed by atoms with Crippen LogP contribution < -0.4 is 10.6 Å². The normalized spacial score (nSPS) is 11.7. The zero-order chi connectivity index (χ0) is 15.1. The van der Waals surface area contributed by atoms with Crippen molar-refractivity contribution >= 4 is 18.5 Å². The van der Waals surface area contributed by atoms with Gasteiger partial charge in [-0.2, -0.15) is 0 Å². The van der Waals surface area contributed by atoms with Gasteiger partial charge in [0, 0.05) is 26.4 Å². The Balaban J connectivity index is 2.51. The molecule has 2 rings (SSSR count). The van der Waals surface area contributed by atoms with E-state index in [1.807, 2.05) is 0 Å². The molecule has 0 spiro atoms. The van der Waals surface area contributed by atoms with Crippen LogP contribution in [0.5, 0.6) is 0 Å². The van der Waals surface area contributed by atoms with Gasteiger partial charge in [0.2, 0.25) is 0 Å². The second-order valence-corrected chi connectivity index (χ2v) is 6.99. The average Bonchev–Trinajstić information content (AvgIpc) is 2.56. The van der Waals surface area contributed by atoms with Gasteiger partial charge in [0.25, 0.3) is 0 Å². The smallest absolute Gasteiger partial charge is 0.0418 e. The summed E-state index contributed by atoms with van der Waals surface area (Å²) in [6, 6.07) is 21.8. The molecule has 0 amide bonds. The van der Waals surface area contributed by atoms with Gasteiger partial charge in [-0.25, -0.2) is 0 Å². The van der Waals surface area contributed by atoms with Gasteiger partial charge in [-0.1, -0.05) is 66.7 Å². The first kappa shape index (κ1) is 15.8. The molecule has 2 aromatic carbocycles. The summed E-state index contributed by atoms with van der Waals surface area (Å²) in [5.41, 5.74) is 1.45. The first-order valence-corrected chi connectivity index (χ1v) is 8.97. The van der Waals surface area contributed by atoms with Crippen molar-refractivity contribution in [2.75, 3.05) is 13.1 Å². The fourth-order valence-corrected chi connectivity index (χ4v) is 5.16. The number of hydrogen-bond acceptors (Lipinski definition) is 1. The average molecular weight is 297 g/mol. The van der Waals surface area contributed by atoms with Crippen LogP contribution in [-0.2, 0) is 0 Å². The fourth-order valence-electron chi connectivity index (χ4n) is 2.57. The predicted octanol–water partition coefficient (Wildman–Crippen LogP) is 4.32. The van der Waals surface area contributed by atoms with Gasteiger partial charge < -0.3 is 4.90 Å². The van der Waals surface area contributed by atoms with E-state index in [-0.39, 0.29) is 0 Å². The molecule has 0 saturated carbocycles. The lowest BCUT2D eigenvalue weighted by atomic mass is 10.4. The Hall–Kier alpha value is -1.59. The quantitative estimate of drug-likeness (QED) is 0.718. The van der Waals surface area contributed by atoms with Crippen molar-refractivity contribution in [3.05, 3.63) is 72.2 Å². The minimum Gasteiger partial charge on any atom is -0.372 e. The van der Waals surface area contributed by atoms with Gasteiger partial charge in [-0.05, 0) is 31.4 Å². The summed E-state index contributed by atoms with van der Waals surface area (Å²) in [7, 11) is -0.478. The topological polar surface area (TPSA) is 3.24 Å². The third-order valence-corrected chi connectivity index (χ3v) is 6.23. The van der Waals surface area contributed by atoms with Crippen LogP contribution in [-0.4, -0.2) is 18.0 Å². The summed E-state index contributed by atoms with van der Waals surface area (Å²) in [6.07, 6.45) is 2.29. The number of allylic oxidation sites excluding steroid dienone is 1. The van der Waals surface area contributed by atoms with E-state index in [9.17, 15) is 0 Å². The van der Waals surface area contributed by atoms with Gasteiger partial charge in [0.05, 0.1) is 0 Å². The molecular formula is C19H24NP. The molecule has 0 heterocycles. The van der Waals surface area contributed by atoms with Crippen molar-refractivity contribution in [2.24, 2.45) is 0 Å². The van der Waals surface area contributed by atoms with Gasteiger partial charge in [-0.3, -0.25) is 0 Å². The number of hydrogen-bond donors (Lipinski definition) is 0. The summed E-state index contributed by atoms with van der Waals surface area (Å²) >= 11 is 0. The van der Waals surface area contributed by atoms with Crippen LogP contribution >= 0.6 is 7.92 Å². The molecule has 1 nitrogen and oxygen atoms in total. The number of rotatable bonds is 6.